The van der Waals surface area contributed by atoms with E-state index in [1.807, 2.05) is 52.0 Å². The number of hydrogen-bond donors (Lipinski definition) is 1. The molecule has 0 saturated carbocycles. The summed E-state index contributed by atoms with van der Waals surface area (Å²) in [6.45, 7) is 7.64. The molecular formula is C32H41N3O6S. The van der Waals surface area contributed by atoms with Crippen LogP contribution in [0, 0.1) is 13.8 Å². The number of nitrogens with zero attached hydrogens (tertiary/aromatic N) is 2. The van der Waals surface area contributed by atoms with Crippen molar-refractivity contribution in [2.24, 2.45) is 0 Å². The van der Waals surface area contributed by atoms with Gasteiger partial charge < -0.3 is 19.7 Å². The number of ether oxygens (including phenoxy) is 2. The fourth-order valence-corrected chi connectivity index (χ4v) is 5.93. The van der Waals surface area contributed by atoms with Crippen LogP contribution in [-0.2, 0) is 26.2 Å². The number of sulfonamides is 1. The van der Waals surface area contributed by atoms with Gasteiger partial charge in [0, 0.05) is 19.2 Å². The van der Waals surface area contributed by atoms with Crippen molar-refractivity contribution in [2.45, 2.75) is 58.0 Å². The highest BCUT2D eigenvalue weighted by Crippen LogP contribution is 2.36. The lowest BCUT2D eigenvalue weighted by Crippen LogP contribution is -2.52. The molecule has 10 heteroatoms. The summed E-state index contributed by atoms with van der Waals surface area (Å²) in [5, 5.41) is 2.89. The number of carbonyl (C=O) groups is 2. The Morgan fingerprint density at radius 3 is 2.05 bits per heavy atom. The van der Waals surface area contributed by atoms with Crippen molar-refractivity contribution in [3.63, 3.8) is 0 Å². The lowest BCUT2D eigenvalue weighted by molar-refractivity contribution is -0.140. The van der Waals surface area contributed by atoms with Gasteiger partial charge in [-0.2, -0.15) is 0 Å². The second kappa shape index (κ2) is 14.7. The van der Waals surface area contributed by atoms with Gasteiger partial charge in [-0.3, -0.25) is 13.9 Å². The number of benzene rings is 3. The Hall–Kier alpha value is -4.05. The highest BCUT2D eigenvalue weighted by Gasteiger charge is 2.35. The minimum absolute atomic E-state index is 0.0172. The lowest BCUT2D eigenvalue weighted by atomic mass is 10.1. The Kier molecular flexibility index (Phi) is 11.4. The van der Waals surface area contributed by atoms with Crippen molar-refractivity contribution in [1.29, 1.82) is 0 Å². The highest BCUT2D eigenvalue weighted by molar-refractivity contribution is 7.92. The molecule has 0 aromatic heterocycles. The van der Waals surface area contributed by atoms with Crippen molar-refractivity contribution in [2.75, 3.05) is 31.6 Å². The molecule has 1 N–H and O–H groups in total. The van der Waals surface area contributed by atoms with Crippen LogP contribution in [0.4, 0.5) is 5.69 Å². The lowest BCUT2D eigenvalue weighted by Gasteiger charge is -2.33. The molecule has 0 unspecified atom stereocenters. The van der Waals surface area contributed by atoms with Gasteiger partial charge in [-0.05, 0) is 56.5 Å². The van der Waals surface area contributed by atoms with Crippen LogP contribution in [0.15, 0.2) is 71.6 Å². The third kappa shape index (κ3) is 7.82. The zero-order valence-electron chi connectivity index (χ0n) is 25.2. The summed E-state index contributed by atoms with van der Waals surface area (Å²) in [4.78, 5) is 28.9. The van der Waals surface area contributed by atoms with Gasteiger partial charge in [-0.1, -0.05) is 61.4 Å². The predicted octanol–water partition coefficient (Wildman–Crippen LogP) is 4.85. The standard InChI is InChI=1S/C32H41N3O6S/c1-7-19-33-32(37)28(8-2)34(21-25-13-9-23(3)10-14-25)31(36)22-35(29-20-26(40-5)15-18-30(29)41-6)42(38,39)27-16-11-24(4)12-17-27/h9-18,20,28H,7-8,19,21-22H2,1-6H3,(H,33,37)/t28-/m0/s1. The number of anilines is 1. The first kappa shape index (κ1) is 32.5. The number of rotatable bonds is 14. The van der Waals surface area contributed by atoms with Crippen molar-refractivity contribution >= 4 is 27.5 Å². The maximum atomic E-state index is 14.2. The molecule has 0 heterocycles. The van der Waals surface area contributed by atoms with E-state index in [1.165, 1.54) is 37.3 Å². The second-order valence-electron chi connectivity index (χ2n) is 10.1. The average molecular weight is 596 g/mol. The van der Waals surface area contributed by atoms with Crippen molar-refractivity contribution in [3.05, 3.63) is 83.4 Å². The molecule has 42 heavy (non-hydrogen) atoms. The molecule has 3 aromatic carbocycles. The van der Waals surface area contributed by atoms with E-state index in [2.05, 4.69) is 5.32 Å². The molecule has 1 atom stereocenters. The van der Waals surface area contributed by atoms with Crippen molar-refractivity contribution < 1.29 is 27.5 Å². The van der Waals surface area contributed by atoms with Crippen molar-refractivity contribution in [3.8, 4) is 11.5 Å². The minimum atomic E-state index is -4.25. The van der Waals surface area contributed by atoms with Crippen LogP contribution in [0.1, 0.15) is 43.4 Å². The van der Waals surface area contributed by atoms with Crippen LogP contribution >= 0.6 is 0 Å². The average Bonchev–Trinajstić information content (AvgIpc) is 2.99. The molecule has 2 amide bonds. The quantitative estimate of drug-likeness (QED) is 0.286. The summed E-state index contributed by atoms with van der Waals surface area (Å²) in [6, 6.07) is 18.0. The van der Waals surface area contributed by atoms with Gasteiger partial charge in [0.1, 0.15) is 24.1 Å². The zero-order chi connectivity index (χ0) is 30.9. The Labute approximate surface area is 249 Å². The van der Waals surface area contributed by atoms with E-state index < -0.39 is 28.5 Å². The largest absolute Gasteiger partial charge is 0.497 e. The first-order chi connectivity index (χ1) is 20.0. The molecule has 226 valence electrons. The van der Waals surface area contributed by atoms with Gasteiger partial charge in [0.05, 0.1) is 24.8 Å². The van der Waals surface area contributed by atoms with Gasteiger partial charge in [-0.15, -0.1) is 0 Å². The number of methoxy groups -OCH3 is 2. The number of aryl methyl sites for hydroxylation is 2. The van der Waals surface area contributed by atoms with Crippen LogP contribution in [0.5, 0.6) is 11.5 Å². The number of hydrogen-bond acceptors (Lipinski definition) is 6. The maximum absolute atomic E-state index is 14.2. The van der Waals surface area contributed by atoms with E-state index in [9.17, 15) is 18.0 Å². The van der Waals surface area contributed by atoms with E-state index >= 15 is 0 Å². The van der Waals surface area contributed by atoms with Crippen molar-refractivity contribution in [1.82, 2.24) is 10.2 Å². The number of amides is 2. The number of carbonyl (C=O) groups excluding carboxylic acids is 2. The molecule has 0 aliphatic carbocycles. The van der Waals surface area contributed by atoms with E-state index in [0.29, 0.717) is 18.7 Å². The van der Waals surface area contributed by atoms with E-state index in [1.54, 1.807) is 24.3 Å². The molecule has 0 bridgehead atoms. The summed E-state index contributed by atoms with van der Waals surface area (Å²) < 4.78 is 40.3. The van der Waals surface area contributed by atoms with Crippen LogP contribution in [-0.4, -0.2) is 58.5 Å². The molecule has 0 aliphatic rings. The second-order valence-corrected chi connectivity index (χ2v) is 11.9. The summed E-state index contributed by atoms with van der Waals surface area (Å²) in [5.74, 6) is -0.178. The van der Waals surface area contributed by atoms with Gasteiger partial charge in [-0.25, -0.2) is 8.42 Å². The Morgan fingerprint density at radius 1 is 0.881 bits per heavy atom. The third-order valence-corrected chi connectivity index (χ3v) is 8.73. The Morgan fingerprint density at radius 2 is 1.50 bits per heavy atom. The van der Waals surface area contributed by atoms with Crippen LogP contribution < -0.4 is 19.1 Å². The van der Waals surface area contributed by atoms with Gasteiger partial charge in [0.2, 0.25) is 11.8 Å². The molecule has 0 radical (unpaired) electrons. The summed E-state index contributed by atoms with van der Waals surface area (Å²) >= 11 is 0. The van der Waals surface area contributed by atoms with Crippen LogP contribution in [0.25, 0.3) is 0 Å². The van der Waals surface area contributed by atoms with Gasteiger partial charge in [0.25, 0.3) is 10.0 Å². The predicted molar refractivity (Wildman–Crippen MR) is 164 cm³/mol. The van der Waals surface area contributed by atoms with E-state index in [0.717, 1.165) is 27.4 Å². The SMILES string of the molecule is CCCNC(=O)[C@H](CC)N(Cc1ccc(C)cc1)C(=O)CN(c1cc(OC)ccc1OC)S(=O)(=O)c1ccc(C)cc1. The summed E-state index contributed by atoms with van der Waals surface area (Å²) in [5.41, 5.74) is 2.92. The molecule has 3 rings (SSSR count). The maximum Gasteiger partial charge on any atom is 0.264 e. The fraction of sp³-hybridized carbons (Fsp3) is 0.375. The molecule has 3 aromatic rings. The molecule has 0 saturated heterocycles. The molecule has 0 aliphatic heterocycles. The van der Waals surface area contributed by atoms with Crippen LogP contribution in [0.3, 0.4) is 0 Å². The summed E-state index contributed by atoms with van der Waals surface area (Å²) in [7, 11) is -1.35. The smallest absolute Gasteiger partial charge is 0.264 e. The van der Waals surface area contributed by atoms with E-state index in [4.69, 9.17) is 9.47 Å². The Balaban J connectivity index is 2.13. The molecule has 9 nitrogen and oxygen atoms in total. The highest BCUT2D eigenvalue weighted by atomic mass is 32.2. The molecule has 0 spiro atoms. The third-order valence-electron chi connectivity index (χ3n) is 6.95. The topological polar surface area (TPSA) is 105 Å². The first-order valence-electron chi connectivity index (χ1n) is 14.0. The van der Waals surface area contributed by atoms with Gasteiger partial charge in [0.15, 0.2) is 0 Å². The monoisotopic (exact) mass is 595 g/mol. The summed E-state index contributed by atoms with van der Waals surface area (Å²) in [6.07, 6.45) is 1.09. The molecule has 0 fully saturated rings. The zero-order valence-corrected chi connectivity index (χ0v) is 26.0. The molecular weight excluding hydrogens is 554 g/mol. The van der Waals surface area contributed by atoms with Crippen LogP contribution in [0.2, 0.25) is 0 Å². The normalized spacial score (nSPS) is 11.9. The van der Waals surface area contributed by atoms with E-state index in [-0.39, 0.29) is 28.8 Å². The van der Waals surface area contributed by atoms with Gasteiger partial charge >= 0.3 is 0 Å². The number of nitrogens with one attached hydrogen (secondary N) is 1. The fourth-order valence-electron chi connectivity index (χ4n) is 4.52. The first-order valence-corrected chi connectivity index (χ1v) is 15.4. The Bertz CT molecular complexity index is 1460. The minimum Gasteiger partial charge on any atom is -0.497 e.